The Kier molecular flexibility index (Phi) is 7.88. The van der Waals surface area contributed by atoms with Crippen molar-refractivity contribution in [3.63, 3.8) is 0 Å². The largest absolute Gasteiger partial charge is 0.353 e. The number of guanidine groups is 1. The number of aliphatic imine (C=N–C) groups is 1. The van der Waals surface area contributed by atoms with E-state index in [0.717, 1.165) is 12.0 Å². The summed E-state index contributed by atoms with van der Waals surface area (Å²) in [4.78, 5) is 17.9. The van der Waals surface area contributed by atoms with E-state index in [1.165, 1.54) is 11.1 Å². The SMILES string of the molecule is C=C(C)CNC(=NCc1ccccc1CC)NCC(=O)N(C)C. The first kappa shape index (κ1) is 18.7. The summed E-state index contributed by atoms with van der Waals surface area (Å²) < 4.78 is 0. The molecule has 23 heavy (non-hydrogen) atoms. The standard InChI is InChI=1S/C18H28N4O/c1-6-15-9-7-8-10-16(15)12-20-18(19-11-14(2)3)21-13-17(23)22(4)5/h7-10H,2,6,11-13H2,1,3-5H3,(H2,19,20,21). The summed E-state index contributed by atoms with van der Waals surface area (Å²) in [6.07, 6.45) is 0.979. The molecule has 0 radical (unpaired) electrons. The summed E-state index contributed by atoms with van der Waals surface area (Å²) in [5.41, 5.74) is 3.50. The van der Waals surface area contributed by atoms with Crippen molar-refractivity contribution in [1.82, 2.24) is 15.5 Å². The van der Waals surface area contributed by atoms with E-state index >= 15 is 0 Å². The van der Waals surface area contributed by atoms with Crippen molar-refractivity contribution in [1.29, 1.82) is 0 Å². The van der Waals surface area contributed by atoms with Crippen molar-refractivity contribution >= 4 is 11.9 Å². The average molecular weight is 316 g/mol. The zero-order chi connectivity index (χ0) is 17.2. The first-order valence-corrected chi connectivity index (χ1v) is 7.87. The van der Waals surface area contributed by atoms with Gasteiger partial charge >= 0.3 is 0 Å². The zero-order valence-electron chi connectivity index (χ0n) is 14.6. The highest BCUT2D eigenvalue weighted by molar-refractivity contribution is 5.86. The van der Waals surface area contributed by atoms with Crippen molar-refractivity contribution in [2.24, 2.45) is 4.99 Å². The number of amides is 1. The van der Waals surface area contributed by atoms with Gasteiger partial charge in [-0.05, 0) is 24.5 Å². The molecule has 5 heteroatoms. The lowest BCUT2D eigenvalue weighted by atomic mass is 10.1. The first-order chi connectivity index (χ1) is 10.9. The second kappa shape index (κ2) is 9.66. The second-order valence-corrected chi connectivity index (χ2v) is 5.74. The van der Waals surface area contributed by atoms with Crippen molar-refractivity contribution < 1.29 is 4.79 Å². The molecule has 0 heterocycles. The molecule has 5 nitrogen and oxygen atoms in total. The fourth-order valence-electron chi connectivity index (χ4n) is 1.95. The molecule has 2 N–H and O–H groups in total. The van der Waals surface area contributed by atoms with Crippen LogP contribution >= 0.6 is 0 Å². The third-order valence-electron chi connectivity index (χ3n) is 3.37. The fourth-order valence-corrected chi connectivity index (χ4v) is 1.95. The molecule has 0 spiro atoms. The third kappa shape index (κ3) is 7.00. The number of carbonyl (C=O) groups is 1. The van der Waals surface area contributed by atoms with E-state index in [0.29, 0.717) is 19.0 Å². The molecular formula is C18H28N4O. The summed E-state index contributed by atoms with van der Waals surface area (Å²) in [5, 5.41) is 6.26. The fraction of sp³-hybridized carbons (Fsp3) is 0.444. The van der Waals surface area contributed by atoms with Crippen LogP contribution in [0.3, 0.4) is 0 Å². The van der Waals surface area contributed by atoms with Gasteiger partial charge < -0.3 is 15.5 Å². The van der Waals surface area contributed by atoms with Gasteiger partial charge in [-0.15, -0.1) is 0 Å². The van der Waals surface area contributed by atoms with E-state index < -0.39 is 0 Å². The number of rotatable bonds is 7. The average Bonchev–Trinajstić information content (AvgIpc) is 2.53. The molecule has 0 saturated heterocycles. The van der Waals surface area contributed by atoms with Gasteiger partial charge in [0.05, 0.1) is 13.1 Å². The second-order valence-electron chi connectivity index (χ2n) is 5.74. The van der Waals surface area contributed by atoms with E-state index in [1.54, 1.807) is 19.0 Å². The molecule has 0 aliphatic heterocycles. The van der Waals surface area contributed by atoms with Crippen molar-refractivity contribution in [3.8, 4) is 0 Å². The van der Waals surface area contributed by atoms with Crippen molar-refractivity contribution in [3.05, 3.63) is 47.5 Å². The smallest absolute Gasteiger partial charge is 0.241 e. The van der Waals surface area contributed by atoms with E-state index in [9.17, 15) is 4.79 Å². The molecule has 0 unspecified atom stereocenters. The number of benzene rings is 1. The number of hydrogen-bond acceptors (Lipinski definition) is 2. The molecular weight excluding hydrogens is 288 g/mol. The van der Waals surface area contributed by atoms with Crippen molar-refractivity contribution in [2.45, 2.75) is 26.8 Å². The van der Waals surface area contributed by atoms with Crippen LogP contribution in [0.1, 0.15) is 25.0 Å². The topological polar surface area (TPSA) is 56.7 Å². The van der Waals surface area contributed by atoms with Crippen LogP contribution in [0, 0.1) is 0 Å². The van der Waals surface area contributed by atoms with Crippen LogP contribution in [-0.2, 0) is 17.8 Å². The summed E-state index contributed by atoms with van der Waals surface area (Å²) in [5.74, 6) is 0.623. The summed E-state index contributed by atoms with van der Waals surface area (Å²) >= 11 is 0. The lowest BCUT2D eigenvalue weighted by Crippen LogP contribution is -2.43. The maximum absolute atomic E-state index is 11.7. The maximum atomic E-state index is 11.7. The molecule has 0 saturated carbocycles. The minimum absolute atomic E-state index is 0.00350. The van der Waals surface area contributed by atoms with Gasteiger partial charge in [-0.1, -0.05) is 43.3 Å². The molecule has 0 aliphatic rings. The molecule has 0 fully saturated rings. The van der Waals surface area contributed by atoms with Crippen LogP contribution < -0.4 is 10.6 Å². The van der Waals surface area contributed by atoms with E-state index in [1.807, 2.05) is 19.1 Å². The van der Waals surface area contributed by atoms with E-state index in [2.05, 4.69) is 41.3 Å². The van der Waals surface area contributed by atoms with Gasteiger partial charge in [0.1, 0.15) is 0 Å². The maximum Gasteiger partial charge on any atom is 0.241 e. The van der Waals surface area contributed by atoms with Crippen LogP contribution in [0.4, 0.5) is 0 Å². The van der Waals surface area contributed by atoms with Gasteiger partial charge in [0.2, 0.25) is 5.91 Å². The Morgan fingerprint density at radius 1 is 1.17 bits per heavy atom. The molecule has 1 aromatic carbocycles. The molecule has 0 aliphatic carbocycles. The summed E-state index contributed by atoms with van der Waals surface area (Å²) in [7, 11) is 3.47. The minimum Gasteiger partial charge on any atom is -0.353 e. The number of likely N-dealkylation sites (N-methyl/N-ethyl adjacent to an activating group) is 1. The minimum atomic E-state index is 0.00350. The molecule has 0 aromatic heterocycles. The predicted octanol–water partition coefficient (Wildman–Crippen LogP) is 1.95. The van der Waals surface area contributed by atoms with E-state index in [-0.39, 0.29) is 12.5 Å². The number of hydrogen-bond donors (Lipinski definition) is 2. The van der Waals surface area contributed by atoms with Crippen LogP contribution in [0.15, 0.2) is 41.4 Å². The molecule has 1 aromatic rings. The third-order valence-corrected chi connectivity index (χ3v) is 3.37. The Hall–Kier alpha value is -2.30. The normalized spacial score (nSPS) is 11.0. The van der Waals surface area contributed by atoms with Gasteiger partial charge in [0, 0.05) is 20.6 Å². The van der Waals surface area contributed by atoms with Gasteiger partial charge in [0.15, 0.2) is 5.96 Å². The quantitative estimate of drug-likeness (QED) is 0.459. The van der Waals surface area contributed by atoms with Crippen molar-refractivity contribution in [2.75, 3.05) is 27.2 Å². The highest BCUT2D eigenvalue weighted by atomic mass is 16.2. The van der Waals surface area contributed by atoms with Crippen LogP contribution in [0.2, 0.25) is 0 Å². The Bertz CT molecular complexity index is 564. The van der Waals surface area contributed by atoms with Gasteiger partial charge in [-0.2, -0.15) is 0 Å². The number of nitrogens with one attached hydrogen (secondary N) is 2. The lowest BCUT2D eigenvalue weighted by Gasteiger charge is -2.15. The monoisotopic (exact) mass is 316 g/mol. The zero-order valence-corrected chi connectivity index (χ0v) is 14.6. The molecule has 1 amide bonds. The summed E-state index contributed by atoms with van der Waals surface area (Å²) in [6.45, 7) is 9.37. The highest BCUT2D eigenvalue weighted by Crippen LogP contribution is 2.10. The Labute approximate surface area is 139 Å². The van der Waals surface area contributed by atoms with Gasteiger partial charge in [0.25, 0.3) is 0 Å². The number of nitrogens with zero attached hydrogens (tertiary/aromatic N) is 2. The molecule has 126 valence electrons. The van der Waals surface area contributed by atoms with Gasteiger partial charge in [-0.3, -0.25) is 4.79 Å². The van der Waals surface area contributed by atoms with Gasteiger partial charge in [-0.25, -0.2) is 4.99 Å². The van der Waals surface area contributed by atoms with E-state index in [4.69, 9.17) is 0 Å². The van der Waals surface area contributed by atoms with Crippen LogP contribution in [0.5, 0.6) is 0 Å². The van der Waals surface area contributed by atoms with Crippen LogP contribution in [0.25, 0.3) is 0 Å². The Morgan fingerprint density at radius 2 is 1.78 bits per heavy atom. The highest BCUT2D eigenvalue weighted by Gasteiger charge is 2.06. The lowest BCUT2D eigenvalue weighted by molar-refractivity contribution is -0.127. The summed E-state index contributed by atoms with van der Waals surface area (Å²) in [6, 6.07) is 8.27. The Morgan fingerprint density at radius 3 is 2.35 bits per heavy atom. The molecule has 1 rings (SSSR count). The first-order valence-electron chi connectivity index (χ1n) is 7.87. The predicted molar refractivity (Wildman–Crippen MR) is 96.5 cm³/mol. The number of aryl methyl sites for hydroxylation is 1. The van der Waals surface area contributed by atoms with Crippen LogP contribution in [-0.4, -0.2) is 44.0 Å². The number of carbonyl (C=O) groups excluding carboxylic acids is 1. The molecule has 0 atom stereocenters. The molecule has 0 bridgehead atoms. The Balaban J connectivity index is 2.76.